The van der Waals surface area contributed by atoms with E-state index in [0.29, 0.717) is 33.8 Å². The lowest BCUT2D eigenvalue weighted by molar-refractivity contribution is 0.0844. The maximum absolute atomic E-state index is 12.7. The summed E-state index contributed by atoms with van der Waals surface area (Å²) in [6.07, 6.45) is 1.53. The SMILES string of the molecule is CCn1nc(C(=O)NNC(=O)c2ccnc3ccccc23)c2ccccc2c1=O. The summed E-state index contributed by atoms with van der Waals surface area (Å²) in [5.74, 6) is -1.10. The molecule has 0 radical (unpaired) electrons. The van der Waals surface area contributed by atoms with Crippen LogP contribution in [-0.4, -0.2) is 26.6 Å². The third-order valence-electron chi connectivity index (χ3n) is 4.57. The standard InChI is InChI=1S/C21H17N5O3/c1-2-26-21(29)16-9-4-3-8-14(16)18(25-26)20(28)24-23-19(27)15-11-12-22-17-10-6-5-7-13(15)17/h3-12H,2H2,1H3,(H,23,27)(H,24,28). The van der Waals surface area contributed by atoms with Crippen LogP contribution in [0, 0.1) is 0 Å². The second-order valence-electron chi connectivity index (χ2n) is 6.30. The molecule has 29 heavy (non-hydrogen) atoms. The van der Waals surface area contributed by atoms with Crippen molar-refractivity contribution in [1.82, 2.24) is 25.6 Å². The molecule has 2 aromatic heterocycles. The summed E-state index contributed by atoms with van der Waals surface area (Å²) in [4.78, 5) is 41.9. The van der Waals surface area contributed by atoms with E-state index >= 15 is 0 Å². The van der Waals surface area contributed by atoms with Gasteiger partial charge in [0.25, 0.3) is 17.4 Å². The minimum atomic E-state index is -0.616. The molecule has 0 aliphatic heterocycles. The average Bonchev–Trinajstić information content (AvgIpc) is 2.77. The van der Waals surface area contributed by atoms with Gasteiger partial charge in [0.05, 0.1) is 16.5 Å². The van der Waals surface area contributed by atoms with Crippen LogP contribution in [-0.2, 0) is 6.54 Å². The minimum absolute atomic E-state index is 0.0573. The van der Waals surface area contributed by atoms with E-state index in [0.717, 1.165) is 0 Å². The van der Waals surface area contributed by atoms with Gasteiger partial charge in [-0.1, -0.05) is 36.4 Å². The number of hydrogen-bond donors (Lipinski definition) is 2. The van der Waals surface area contributed by atoms with Gasteiger partial charge in [-0.2, -0.15) is 5.10 Å². The van der Waals surface area contributed by atoms with E-state index in [-0.39, 0.29) is 11.3 Å². The summed E-state index contributed by atoms with van der Waals surface area (Å²) >= 11 is 0. The molecule has 8 heteroatoms. The van der Waals surface area contributed by atoms with Crippen LogP contribution < -0.4 is 16.4 Å². The van der Waals surface area contributed by atoms with Crippen molar-refractivity contribution in [2.24, 2.45) is 0 Å². The molecular formula is C21H17N5O3. The third-order valence-corrected chi connectivity index (χ3v) is 4.57. The molecule has 2 N–H and O–H groups in total. The molecule has 0 atom stereocenters. The fraction of sp³-hybridized carbons (Fsp3) is 0.0952. The number of hydrazine groups is 1. The van der Waals surface area contributed by atoms with Crippen molar-refractivity contribution in [1.29, 1.82) is 0 Å². The van der Waals surface area contributed by atoms with Gasteiger partial charge < -0.3 is 0 Å². The largest absolute Gasteiger partial charge is 0.290 e. The smallest absolute Gasteiger partial charge is 0.267 e. The number of aryl methyl sites for hydroxylation is 1. The van der Waals surface area contributed by atoms with Crippen LogP contribution in [0.4, 0.5) is 0 Å². The molecule has 0 aliphatic carbocycles. The van der Waals surface area contributed by atoms with Crippen molar-refractivity contribution in [3.63, 3.8) is 0 Å². The van der Waals surface area contributed by atoms with Crippen LogP contribution in [0.1, 0.15) is 27.8 Å². The van der Waals surface area contributed by atoms with Gasteiger partial charge in [0.15, 0.2) is 5.69 Å². The molecular weight excluding hydrogens is 370 g/mol. The van der Waals surface area contributed by atoms with E-state index in [1.54, 1.807) is 49.4 Å². The first-order valence-corrected chi connectivity index (χ1v) is 9.04. The Bertz CT molecular complexity index is 1310. The quantitative estimate of drug-likeness (QED) is 0.523. The average molecular weight is 387 g/mol. The van der Waals surface area contributed by atoms with E-state index < -0.39 is 11.8 Å². The number of carbonyl (C=O) groups excluding carboxylic acids is 2. The van der Waals surface area contributed by atoms with Crippen molar-refractivity contribution in [3.8, 4) is 0 Å². The summed E-state index contributed by atoms with van der Waals surface area (Å²) in [7, 11) is 0. The number of nitrogens with zero attached hydrogens (tertiary/aromatic N) is 3. The lowest BCUT2D eigenvalue weighted by Gasteiger charge is -2.11. The Hall–Kier alpha value is -4.07. The van der Waals surface area contributed by atoms with E-state index in [4.69, 9.17) is 0 Å². The predicted molar refractivity (Wildman–Crippen MR) is 108 cm³/mol. The van der Waals surface area contributed by atoms with E-state index in [2.05, 4.69) is 20.9 Å². The van der Waals surface area contributed by atoms with Gasteiger partial charge in [-0.25, -0.2) is 4.68 Å². The minimum Gasteiger partial charge on any atom is -0.267 e. The van der Waals surface area contributed by atoms with Gasteiger partial charge >= 0.3 is 0 Å². The highest BCUT2D eigenvalue weighted by Crippen LogP contribution is 2.16. The molecule has 0 saturated heterocycles. The van der Waals surface area contributed by atoms with Crippen molar-refractivity contribution in [2.45, 2.75) is 13.5 Å². The number of pyridine rings is 1. The van der Waals surface area contributed by atoms with Crippen LogP contribution in [0.3, 0.4) is 0 Å². The molecule has 4 aromatic rings. The van der Waals surface area contributed by atoms with Crippen molar-refractivity contribution >= 4 is 33.5 Å². The second kappa shape index (κ2) is 7.51. The maximum atomic E-state index is 12.7. The van der Waals surface area contributed by atoms with Crippen molar-refractivity contribution in [3.05, 3.63) is 82.4 Å². The maximum Gasteiger partial charge on any atom is 0.290 e. The van der Waals surface area contributed by atoms with Gasteiger partial charge in [0.2, 0.25) is 0 Å². The Morgan fingerprint density at radius 1 is 0.897 bits per heavy atom. The normalized spacial score (nSPS) is 10.8. The molecule has 144 valence electrons. The monoisotopic (exact) mass is 387 g/mol. The van der Waals surface area contributed by atoms with Crippen LogP contribution in [0.2, 0.25) is 0 Å². The van der Waals surface area contributed by atoms with Crippen molar-refractivity contribution < 1.29 is 9.59 Å². The molecule has 0 aliphatic rings. The second-order valence-corrected chi connectivity index (χ2v) is 6.30. The first-order valence-electron chi connectivity index (χ1n) is 9.04. The molecule has 0 fully saturated rings. The summed E-state index contributed by atoms with van der Waals surface area (Å²) < 4.78 is 1.22. The molecule has 0 bridgehead atoms. The number of para-hydroxylation sites is 1. The number of rotatable bonds is 3. The lowest BCUT2D eigenvalue weighted by atomic mass is 10.1. The predicted octanol–water partition coefficient (Wildman–Crippen LogP) is 2.04. The van der Waals surface area contributed by atoms with Gasteiger partial charge in [-0.15, -0.1) is 0 Å². The number of hydrogen-bond acceptors (Lipinski definition) is 5. The zero-order valence-electron chi connectivity index (χ0n) is 15.5. The third kappa shape index (κ3) is 3.31. The number of benzene rings is 2. The lowest BCUT2D eigenvalue weighted by Crippen LogP contribution is -2.42. The Labute approximate surface area is 165 Å². The molecule has 2 heterocycles. The number of amides is 2. The first kappa shape index (κ1) is 18.3. The Morgan fingerprint density at radius 3 is 2.31 bits per heavy atom. The summed E-state index contributed by atoms with van der Waals surface area (Å²) in [5, 5.41) is 5.63. The first-order chi connectivity index (χ1) is 14.1. The molecule has 2 amide bonds. The molecule has 0 saturated carbocycles. The summed E-state index contributed by atoms with van der Waals surface area (Å²) in [5.41, 5.74) is 5.64. The van der Waals surface area contributed by atoms with Crippen LogP contribution in [0.5, 0.6) is 0 Å². The zero-order chi connectivity index (χ0) is 20.4. The summed E-state index contributed by atoms with van der Waals surface area (Å²) in [6.45, 7) is 2.08. The highest BCUT2D eigenvalue weighted by molar-refractivity contribution is 6.08. The van der Waals surface area contributed by atoms with Crippen molar-refractivity contribution in [2.75, 3.05) is 0 Å². The molecule has 2 aromatic carbocycles. The summed E-state index contributed by atoms with van der Waals surface area (Å²) in [6, 6.07) is 15.5. The van der Waals surface area contributed by atoms with E-state index in [1.807, 2.05) is 12.1 Å². The molecule has 0 unspecified atom stereocenters. The highest BCUT2D eigenvalue weighted by Gasteiger charge is 2.17. The number of fused-ring (bicyclic) bond motifs is 2. The van der Waals surface area contributed by atoms with E-state index in [1.165, 1.54) is 10.9 Å². The van der Waals surface area contributed by atoms with Gasteiger partial charge in [-0.3, -0.25) is 30.2 Å². The van der Waals surface area contributed by atoms with Crippen LogP contribution >= 0.6 is 0 Å². The molecule has 4 rings (SSSR count). The topological polar surface area (TPSA) is 106 Å². The van der Waals surface area contributed by atoms with Crippen LogP contribution in [0.25, 0.3) is 21.7 Å². The number of aromatic nitrogens is 3. The zero-order valence-corrected chi connectivity index (χ0v) is 15.5. The fourth-order valence-electron chi connectivity index (χ4n) is 3.15. The van der Waals surface area contributed by atoms with Gasteiger partial charge in [0.1, 0.15) is 0 Å². The fourth-order valence-corrected chi connectivity index (χ4v) is 3.15. The van der Waals surface area contributed by atoms with Crippen LogP contribution in [0.15, 0.2) is 65.6 Å². The Balaban J connectivity index is 1.63. The highest BCUT2D eigenvalue weighted by atomic mass is 16.2. The molecule has 0 spiro atoms. The van der Waals surface area contributed by atoms with Gasteiger partial charge in [0, 0.05) is 23.5 Å². The Morgan fingerprint density at radius 2 is 1.55 bits per heavy atom. The number of carbonyl (C=O) groups is 2. The van der Waals surface area contributed by atoms with Gasteiger partial charge in [-0.05, 0) is 25.1 Å². The molecule has 8 nitrogen and oxygen atoms in total. The number of nitrogens with one attached hydrogen (secondary N) is 2. The Kier molecular flexibility index (Phi) is 4.74. The van der Waals surface area contributed by atoms with E-state index in [9.17, 15) is 14.4 Å².